The van der Waals surface area contributed by atoms with Gasteiger partial charge in [-0.2, -0.15) is 5.10 Å². The fourth-order valence-corrected chi connectivity index (χ4v) is 1.88. The molecule has 1 heterocycles. The summed E-state index contributed by atoms with van der Waals surface area (Å²) in [5, 5.41) is 7.22. The molecule has 1 aromatic carbocycles. The molecule has 0 aliphatic heterocycles. The molecule has 0 radical (unpaired) electrons. The maximum Gasteiger partial charge on any atom is 0.257 e. The zero-order chi connectivity index (χ0) is 14.5. The number of hydrogen-bond donors (Lipinski definition) is 1. The predicted octanol–water partition coefficient (Wildman–Crippen LogP) is 3.33. The Kier molecular flexibility index (Phi) is 4.55. The SMILES string of the molecule is COc1ccc([C@@H](C)Nc2ccn(CC(F)F)n2)cc1. The Bertz CT molecular complexity index is 540. The molecule has 2 rings (SSSR count). The smallest absolute Gasteiger partial charge is 0.257 e. The van der Waals surface area contributed by atoms with Crippen molar-refractivity contribution >= 4 is 5.82 Å². The lowest BCUT2D eigenvalue weighted by atomic mass is 10.1. The minimum Gasteiger partial charge on any atom is -0.497 e. The predicted molar refractivity (Wildman–Crippen MR) is 73.3 cm³/mol. The van der Waals surface area contributed by atoms with Crippen molar-refractivity contribution in [1.29, 1.82) is 0 Å². The minimum absolute atomic E-state index is 0.0239. The summed E-state index contributed by atoms with van der Waals surface area (Å²) in [5.41, 5.74) is 1.06. The molecule has 20 heavy (non-hydrogen) atoms. The maximum atomic E-state index is 12.2. The largest absolute Gasteiger partial charge is 0.497 e. The first-order valence-corrected chi connectivity index (χ1v) is 6.30. The van der Waals surface area contributed by atoms with Crippen LogP contribution in [0, 0.1) is 0 Å². The van der Waals surface area contributed by atoms with Gasteiger partial charge in [-0.15, -0.1) is 0 Å². The number of nitrogens with one attached hydrogen (secondary N) is 1. The van der Waals surface area contributed by atoms with E-state index in [0.29, 0.717) is 5.82 Å². The molecule has 108 valence electrons. The van der Waals surface area contributed by atoms with Crippen LogP contribution in [0.1, 0.15) is 18.5 Å². The average molecular weight is 281 g/mol. The second-order valence-electron chi connectivity index (χ2n) is 4.45. The Balaban J connectivity index is 1.99. The van der Waals surface area contributed by atoms with Crippen molar-refractivity contribution < 1.29 is 13.5 Å². The van der Waals surface area contributed by atoms with Crippen LogP contribution in [0.25, 0.3) is 0 Å². The average Bonchev–Trinajstić information content (AvgIpc) is 2.85. The van der Waals surface area contributed by atoms with Crippen LogP contribution in [0.3, 0.4) is 0 Å². The number of ether oxygens (including phenoxy) is 1. The first-order chi connectivity index (χ1) is 9.58. The molecule has 1 N–H and O–H groups in total. The molecule has 0 unspecified atom stereocenters. The lowest BCUT2D eigenvalue weighted by Gasteiger charge is -2.14. The summed E-state index contributed by atoms with van der Waals surface area (Å²) in [6, 6.07) is 9.36. The van der Waals surface area contributed by atoms with Gasteiger partial charge in [-0.3, -0.25) is 4.68 Å². The standard InChI is InChI=1S/C14H17F2N3O/c1-10(11-3-5-12(20-2)6-4-11)17-14-7-8-19(18-14)9-13(15)16/h3-8,10,13H,9H2,1-2H3,(H,17,18)/t10-/m1/s1. The van der Waals surface area contributed by atoms with E-state index in [2.05, 4.69) is 10.4 Å². The number of alkyl halides is 2. The van der Waals surface area contributed by atoms with E-state index >= 15 is 0 Å². The second-order valence-corrected chi connectivity index (χ2v) is 4.45. The minimum atomic E-state index is -2.40. The topological polar surface area (TPSA) is 39.1 Å². The van der Waals surface area contributed by atoms with Gasteiger partial charge in [0.05, 0.1) is 13.2 Å². The normalized spacial score (nSPS) is 12.4. The molecule has 0 amide bonds. The Hall–Kier alpha value is -2.11. The van der Waals surface area contributed by atoms with Gasteiger partial charge in [0.1, 0.15) is 18.1 Å². The van der Waals surface area contributed by atoms with Crippen molar-refractivity contribution in [2.75, 3.05) is 12.4 Å². The van der Waals surface area contributed by atoms with Crippen LogP contribution in [0.15, 0.2) is 36.5 Å². The lowest BCUT2D eigenvalue weighted by molar-refractivity contribution is 0.122. The number of rotatable bonds is 6. The highest BCUT2D eigenvalue weighted by atomic mass is 19.3. The Morgan fingerprint density at radius 1 is 1.25 bits per heavy atom. The van der Waals surface area contributed by atoms with Gasteiger partial charge in [0, 0.05) is 12.3 Å². The summed E-state index contributed by atoms with van der Waals surface area (Å²) < 4.78 is 30.8. The summed E-state index contributed by atoms with van der Waals surface area (Å²) in [6.07, 6.45) is -0.864. The Morgan fingerprint density at radius 2 is 1.95 bits per heavy atom. The summed E-state index contributed by atoms with van der Waals surface area (Å²) in [5.74, 6) is 1.37. The van der Waals surface area contributed by atoms with E-state index in [9.17, 15) is 8.78 Å². The summed E-state index contributed by atoms with van der Waals surface area (Å²) in [6.45, 7) is 1.59. The number of benzene rings is 1. The number of aromatic nitrogens is 2. The molecule has 4 nitrogen and oxygen atoms in total. The number of nitrogens with zero attached hydrogens (tertiary/aromatic N) is 2. The van der Waals surface area contributed by atoms with Gasteiger partial charge in [0.2, 0.25) is 0 Å². The van der Waals surface area contributed by atoms with Crippen LogP contribution < -0.4 is 10.1 Å². The number of hydrogen-bond acceptors (Lipinski definition) is 3. The van der Waals surface area contributed by atoms with E-state index in [0.717, 1.165) is 11.3 Å². The molecule has 0 aliphatic carbocycles. The number of halogens is 2. The number of anilines is 1. The van der Waals surface area contributed by atoms with E-state index in [1.54, 1.807) is 13.2 Å². The van der Waals surface area contributed by atoms with Gasteiger partial charge in [-0.05, 0) is 24.6 Å². The summed E-state index contributed by atoms with van der Waals surface area (Å²) >= 11 is 0. The number of methoxy groups -OCH3 is 1. The van der Waals surface area contributed by atoms with E-state index in [1.807, 2.05) is 31.2 Å². The molecular formula is C14H17F2N3O. The van der Waals surface area contributed by atoms with Crippen LogP contribution in [0.5, 0.6) is 5.75 Å². The molecule has 1 atom stereocenters. The Morgan fingerprint density at radius 3 is 2.55 bits per heavy atom. The van der Waals surface area contributed by atoms with Gasteiger partial charge in [-0.25, -0.2) is 8.78 Å². The third kappa shape index (κ3) is 3.69. The fourth-order valence-electron chi connectivity index (χ4n) is 1.88. The molecule has 0 aliphatic rings. The molecule has 0 spiro atoms. The van der Waals surface area contributed by atoms with Crippen LogP contribution >= 0.6 is 0 Å². The van der Waals surface area contributed by atoms with Crippen molar-refractivity contribution in [3.63, 3.8) is 0 Å². The molecule has 0 saturated carbocycles. The van der Waals surface area contributed by atoms with E-state index in [4.69, 9.17) is 4.74 Å². The highest BCUT2D eigenvalue weighted by Gasteiger charge is 2.09. The summed E-state index contributed by atoms with van der Waals surface area (Å²) in [4.78, 5) is 0. The molecule has 2 aromatic rings. The van der Waals surface area contributed by atoms with Gasteiger partial charge in [0.25, 0.3) is 6.43 Å². The van der Waals surface area contributed by atoms with E-state index < -0.39 is 13.0 Å². The third-order valence-corrected chi connectivity index (χ3v) is 2.95. The molecule has 6 heteroatoms. The molecule has 0 saturated heterocycles. The van der Waals surface area contributed by atoms with Crippen molar-refractivity contribution in [2.24, 2.45) is 0 Å². The lowest BCUT2D eigenvalue weighted by Crippen LogP contribution is -2.10. The van der Waals surface area contributed by atoms with Gasteiger partial charge < -0.3 is 10.1 Å². The zero-order valence-corrected chi connectivity index (χ0v) is 11.4. The monoisotopic (exact) mass is 281 g/mol. The molecule has 0 fully saturated rings. The highest BCUT2D eigenvalue weighted by molar-refractivity contribution is 5.38. The second kappa shape index (κ2) is 6.36. The van der Waals surface area contributed by atoms with Crippen molar-refractivity contribution in [3.8, 4) is 5.75 Å². The van der Waals surface area contributed by atoms with Crippen molar-refractivity contribution in [3.05, 3.63) is 42.1 Å². The molecular weight excluding hydrogens is 264 g/mol. The van der Waals surface area contributed by atoms with E-state index in [-0.39, 0.29) is 6.04 Å². The van der Waals surface area contributed by atoms with Gasteiger partial charge >= 0.3 is 0 Å². The third-order valence-electron chi connectivity index (χ3n) is 2.95. The van der Waals surface area contributed by atoms with Crippen molar-refractivity contribution in [2.45, 2.75) is 25.9 Å². The van der Waals surface area contributed by atoms with Crippen molar-refractivity contribution in [1.82, 2.24) is 9.78 Å². The van der Waals surface area contributed by atoms with Crippen LogP contribution in [-0.2, 0) is 6.54 Å². The first-order valence-electron chi connectivity index (χ1n) is 6.30. The maximum absolute atomic E-state index is 12.2. The summed E-state index contributed by atoms with van der Waals surface area (Å²) in [7, 11) is 1.62. The molecule has 0 bridgehead atoms. The fraction of sp³-hybridized carbons (Fsp3) is 0.357. The van der Waals surface area contributed by atoms with Crippen LogP contribution in [-0.4, -0.2) is 23.3 Å². The van der Waals surface area contributed by atoms with E-state index in [1.165, 1.54) is 10.9 Å². The van der Waals surface area contributed by atoms with Crippen LogP contribution in [0.4, 0.5) is 14.6 Å². The van der Waals surface area contributed by atoms with Gasteiger partial charge in [0.15, 0.2) is 0 Å². The zero-order valence-electron chi connectivity index (χ0n) is 11.4. The highest BCUT2D eigenvalue weighted by Crippen LogP contribution is 2.20. The quantitative estimate of drug-likeness (QED) is 0.882. The Labute approximate surface area is 116 Å². The first kappa shape index (κ1) is 14.3. The molecule has 1 aromatic heterocycles. The van der Waals surface area contributed by atoms with Gasteiger partial charge in [-0.1, -0.05) is 12.1 Å². The van der Waals surface area contributed by atoms with Crippen LogP contribution in [0.2, 0.25) is 0 Å².